The van der Waals surface area contributed by atoms with E-state index in [0.29, 0.717) is 11.7 Å². The molecule has 0 spiro atoms. The number of carbonyl (C=O) groups is 1. The molecule has 0 saturated heterocycles. The molecule has 0 amide bonds. The molecule has 0 bridgehead atoms. The number of carbonyl (C=O) groups excluding carboxylic acids is 1. The Morgan fingerprint density at radius 3 is 2.50 bits per heavy atom. The minimum atomic E-state index is 0.341. The van der Waals surface area contributed by atoms with Gasteiger partial charge in [0.2, 0.25) is 0 Å². The zero-order valence-electron chi connectivity index (χ0n) is 9.68. The van der Waals surface area contributed by atoms with E-state index in [9.17, 15) is 4.79 Å². The Labute approximate surface area is 87.6 Å². The molecular formula is C13H22O. The van der Waals surface area contributed by atoms with Crippen LogP contribution in [0.3, 0.4) is 0 Å². The molecule has 0 radical (unpaired) electrons. The molecule has 0 aromatic rings. The first-order valence-corrected chi connectivity index (χ1v) is 5.83. The van der Waals surface area contributed by atoms with Gasteiger partial charge in [-0.2, -0.15) is 0 Å². The molecule has 0 aromatic heterocycles. The summed E-state index contributed by atoms with van der Waals surface area (Å²) in [4.78, 5) is 11.4. The lowest BCUT2D eigenvalue weighted by Crippen LogP contribution is -2.04. The summed E-state index contributed by atoms with van der Waals surface area (Å²) in [5.74, 6) is 1.66. The van der Waals surface area contributed by atoms with Gasteiger partial charge in [0.25, 0.3) is 0 Å². The Balaban J connectivity index is 2.59. The standard InChI is InChI=1S/C13H22O/c1-10(2)8-11(3)12-6-4-5-7-13(14)9-12/h9-11H,4-8H2,1-3H3. The van der Waals surface area contributed by atoms with Crippen LogP contribution in [0.1, 0.15) is 52.9 Å². The van der Waals surface area contributed by atoms with Gasteiger partial charge in [0.1, 0.15) is 0 Å². The molecule has 80 valence electrons. The third-order valence-corrected chi connectivity index (χ3v) is 2.94. The fourth-order valence-electron chi connectivity index (χ4n) is 2.23. The summed E-state index contributed by atoms with van der Waals surface area (Å²) in [6, 6.07) is 0. The second kappa shape index (κ2) is 5.33. The van der Waals surface area contributed by atoms with E-state index < -0.39 is 0 Å². The predicted molar refractivity (Wildman–Crippen MR) is 60.2 cm³/mol. The van der Waals surface area contributed by atoms with Gasteiger partial charge >= 0.3 is 0 Å². The minimum absolute atomic E-state index is 0.341. The first-order chi connectivity index (χ1) is 6.59. The molecule has 1 atom stereocenters. The van der Waals surface area contributed by atoms with Crippen LogP contribution < -0.4 is 0 Å². The van der Waals surface area contributed by atoms with Gasteiger partial charge < -0.3 is 0 Å². The van der Waals surface area contributed by atoms with E-state index in [2.05, 4.69) is 20.8 Å². The van der Waals surface area contributed by atoms with Crippen molar-refractivity contribution < 1.29 is 4.79 Å². The summed E-state index contributed by atoms with van der Waals surface area (Å²) in [6.07, 6.45) is 7.30. The normalized spacial score (nSPS) is 20.6. The Bertz CT molecular complexity index is 225. The van der Waals surface area contributed by atoms with Gasteiger partial charge in [-0.25, -0.2) is 0 Å². The molecule has 1 aliphatic carbocycles. The highest BCUT2D eigenvalue weighted by Gasteiger charge is 2.14. The summed E-state index contributed by atoms with van der Waals surface area (Å²) >= 11 is 0. The quantitative estimate of drug-likeness (QED) is 0.669. The number of rotatable bonds is 3. The van der Waals surface area contributed by atoms with Gasteiger partial charge in [0, 0.05) is 6.42 Å². The molecule has 14 heavy (non-hydrogen) atoms. The van der Waals surface area contributed by atoms with E-state index in [1.807, 2.05) is 6.08 Å². The van der Waals surface area contributed by atoms with Crippen molar-refractivity contribution in [2.45, 2.75) is 52.9 Å². The minimum Gasteiger partial charge on any atom is -0.295 e. The predicted octanol–water partition coefficient (Wildman–Crippen LogP) is 3.74. The Kier molecular flexibility index (Phi) is 4.37. The van der Waals surface area contributed by atoms with Gasteiger partial charge in [-0.05, 0) is 43.6 Å². The van der Waals surface area contributed by atoms with Crippen LogP contribution in [0.2, 0.25) is 0 Å². The van der Waals surface area contributed by atoms with Crippen LogP contribution in [-0.4, -0.2) is 5.78 Å². The molecule has 0 aliphatic heterocycles. The summed E-state index contributed by atoms with van der Waals surface area (Å²) < 4.78 is 0. The molecule has 0 N–H and O–H groups in total. The summed E-state index contributed by atoms with van der Waals surface area (Å²) in [7, 11) is 0. The fraction of sp³-hybridized carbons (Fsp3) is 0.769. The number of allylic oxidation sites excluding steroid dienone is 2. The third-order valence-electron chi connectivity index (χ3n) is 2.94. The van der Waals surface area contributed by atoms with Crippen molar-refractivity contribution in [2.75, 3.05) is 0 Å². The van der Waals surface area contributed by atoms with Gasteiger partial charge in [0.05, 0.1) is 0 Å². The van der Waals surface area contributed by atoms with Crippen LogP contribution in [0.15, 0.2) is 11.6 Å². The molecule has 0 aromatic carbocycles. The molecule has 0 saturated carbocycles. The topological polar surface area (TPSA) is 17.1 Å². The molecule has 1 heteroatoms. The number of hydrogen-bond donors (Lipinski definition) is 0. The average molecular weight is 194 g/mol. The van der Waals surface area contributed by atoms with Crippen molar-refractivity contribution >= 4 is 5.78 Å². The van der Waals surface area contributed by atoms with Crippen LogP contribution in [0, 0.1) is 11.8 Å². The van der Waals surface area contributed by atoms with E-state index in [4.69, 9.17) is 0 Å². The summed E-state index contributed by atoms with van der Waals surface area (Å²) in [5, 5.41) is 0. The maximum atomic E-state index is 11.4. The van der Waals surface area contributed by atoms with Crippen LogP contribution in [0.5, 0.6) is 0 Å². The van der Waals surface area contributed by atoms with E-state index in [-0.39, 0.29) is 0 Å². The molecule has 0 fully saturated rings. The lowest BCUT2D eigenvalue weighted by atomic mass is 9.89. The zero-order valence-corrected chi connectivity index (χ0v) is 9.68. The third kappa shape index (κ3) is 3.65. The van der Waals surface area contributed by atoms with Crippen LogP contribution in [0.25, 0.3) is 0 Å². The highest BCUT2D eigenvalue weighted by Crippen LogP contribution is 2.26. The molecule has 1 nitrogen and oxygen atoms in total. The van der Waals surface area contributed by atoms with Crippen LogP contribution >= 0.6 is 0 Å². The van der Waals surface area contributed by atoms with Crippen molar-refractivity contribution in [3.63, 3.8) is 0 Å². The smallest absolute Gasteiger partial charge is 0.155 e. The van der Waals surface area contributed by atoms with Gasteiger partial charge in [-0.3, -0.25) is 4.79 Å². The lowest BCUT2D eigenvalue weighted by Gasteiger charge is -2.16. The summed E-state index contributed by atoms with van der Waals surface area (Å²) in [6.45, 7) is 6.75. The van der Waals surface area contributed by atoms with Crippen LogP contribution in [-0.2, 0) is 4.79 Å². The Morgan fingerprint density at radius 2 is 1.86 bits per heavy atom. The van der Waals surface area contributed by atoms with Gasteiger partial charge in [-0.15, -0.1) is 0 Å². The second-order valence-corrected chi connectivity index (χ2v) is 4.92. The zero-order chi connectivity index (χ0) is 10.6. The van der Waals surface area contributed by atoms with Crippen molar-refractivity contribution in [2.24, 2.45) is 11.8 Å². The maximum absolute atomic E-state index is 11.4. The van der Waals surface area contributed by atoms with E-state index in [0.717, 1.165) is 25.2 Å². The first kappa shape index (κ1) is 11.5. The van der Waals surface area contributed by atoms with Crippen molar-refractivity contribution in [1.29, 1.82) is 0 Å². The lowest BCUT2D eigenvalue weighted by molar-refractivity contribution is -0.114. The summed E-state index contributed by atoms with van der Waals surface area (Å²) in [5.41, 5.74) is 1.39. The highest BCUT2D eigenvalue weighted by molar-refractivity contribution is 5.90. The van der Waals surface area contributed by atoms with Crippen molar-refractivity contribution in [3.05, 3.63) is 11.6 Å². The Morgan fingerprint density at radius 1 is 1.21 bits per heavy atom. The fourth-order valence-corrected chi connectivity index (χ4v) is 2.23. The highest BCUT2D eigenvalue weighted by atomic mass is 16.1. The molecule has 1 aliphatic rings. The van der Waals surface area contributed by atoms with Gasteiger partial charge in [-0.1, -0.05) is 26.3 Å². The van der Waals surface area contributed by atoms with Crippen molar-refractivity contribution in [3.8, 4) is 0 Å². The monoisotopic (exact) mass is 194 g/mol. The number of hydrogen-bond acceptors (Lipinski definition) is 1. The van der Waals surface area contributed by atoms with E-state index in [1.54, 1.807) is 0 Å². The van der Waals surface area contributed by atoms with Crippen LogP contribution in [0.4, 0.5) is 0 Å². The molecule has 0 heterocycles. The Hall–Kier alpha value is -0.590. The molecular weight excluding hydrogens is 172 g/mol. The SMILES string of the molecule is CC(C)CC(C)C1=CC(=O)CCCC1. The number of ketones is 1. The first-order valence-electron chi connectivity index (χ1n) is 5.83. The largest absolute Gasteiger partial charge is 0.295 e. The van der Waals surface area contributed by atoms with Crippen molar-refractivity contribution in [1.82, 2.24) is 0 Å². The second-order valence-electron chi connectivity index (χ2n) is 4.92. The van der Waals surface area contributed by atoms with E-state index >= 15 is 0 Å². The molecule has 1 unspecified atom stereocenters. The van der Waals surface area contributed by atoms with E-state index in [1.165, 1.54) is 18.4 Å². The van der Waals surface area contributed by atoms with Gasteiger partial charge in [0.15, 0.2) is 5.78 Å². The average Bonchev–Trinajstić information content (AvgIpc) is 2.28. The molecule has 1 rings (SSSR count). The maximum Gasteiger partial charge on any atom is 0.155 e.